The van der Waals surface area contributed by atoms with Crippen molar-refractivity contribution in [1.82, 2.24) is 10.2 Å². The van der Waals surface area contributed by atoms with E-state index in [4.69, 9.17) is 0 Å². The summed E-state index contributed by atoms with van der Waals surface area (Å²) in [5.74, 6) is -0.596. The summed E-state index contributed by atoms with van der Waals surface area (Å²) in [7, 11) is 0. The molecule has 2 amide bonds. The molecule has 24 heavy (non-hydrogen) atoms. The highest BCUT2D eigenvalue weighted by Crippen LogP contribution is 2.30. The summed E-state index contributed by atoms with van der Waals surface area (Å²) in [4.78, 5) is 26.4. The first-order chi connectivity index (χ1) is 11.5. The second-order valence-corrected chi connectivity index (χ2v) is 7.66. The van der Waals surface area contributed by atoms with Gasteiger partial charge in [-0.25, -0.2) is 0 Å². The number of benzene rings is 1. The Balaban J connectivity index is 1.70. The van der Waals surface area contributed by atoms with E-state index < -0.39 is 0 Å². The predicted octanol–water partition coefficient (Wildman–Crippen LogP) is 3.16. The van der Waals surface area contributed by atoms with Crippen LogP contribution in [0.5, 0.6) is 0 Å². The topological polar surface area (TPSA) is 75.2 Å². The zero-order valence-corrected chi connectivity index (χ0v) is 15.8. The van der Waals surface area contributed by atoms with Crippen molar-refractivity contribution in [2.45, 2.75) is 26.7 Å². The molecule has 1 aliphatic heterocycles. The molecule has 1 saturated heterocycles. The first-order valence-electron chi connectivity index (χ1n) is 7.67. The highest BCUT2D eigenvalue weighted by Gasteiger charge is 2.36. The number of rotatable bonds is 4. The van der Waals surface area contributed by atoms with Crippen LogP contribution in [0.25, 0.3) is 0 Å². The van der Waals surface area contributed by atoms with Gasteiger partial charge < -0.3 is 10.2 Å². The molecule has 1 fully saturated rings. The number of carbonyl (C=O) groups excluding carboxylic acids is 2. The Hall–Kier alpha value is -1.80. The Bertz CT molecular complexity index is 792. The van der Waals surface area contributed by atoms with Crippen LogP contribution in [-0.4, -0.2) is 28.6 Å². The molecule has 3 rings (SSSR count). The standard InChI is InChI=1S/C16H17BrN4O2S/c1-3-13-19-20-16(24-13)18-15(23)10-7-14(22)21(8-10)12-5-4-11(17)6-9(12)2/h4-6,10H,3,7-8H2,1-2H3,(H,18,20,23). The molecule has 2 aromatic rings. The van der Waals surface area contributed by atoms with Crippen molar-refractivity contribution in [3.63, 3.8) is 0 Å². The van der Waals surface area contributed by atoms with Gasteiger partial charge in [-0.2, -0.15) is 0 Å². The van der Waals surface area contributed by atoms with Gasteiger partial charge in [0.15, 0.2) is 0 Å². The molecule has 1 N–H and O–H groups in total. The van der Waals surface area contributed by atoms with Gasteiger partial charge >= 0.3 is 0 Å². The van der Waals surface area contributed by atoms with Crippen LogP contribution in [0.4, 0.5) is 10.8 Å². The number of anilines is 2. The lowest BCUT2D eigenvalue weighted by Gasteiger charge is -2.19. The molecule has 0 bridgehead atoms. The Morgan fingerprint density at radius 3 is 2.92 bits per heavy atom. The van der Waals surface area contributed by atoms with Gasteiger partial charge in [0.2, 0.25) is 16.9 Å². The quantitative estimate of drug-likeness (QED) is 0.842. The van der Waals surface area contributed by atoms with Gasteiger partial charge in [-0.05, 0) is 37.1 Å². The SMILES string of the molecule is CCc1nnc(NC(=O)C2CC(=O)N(c3ccc(Br)cc3C)C2)s1. The number of nitrogens with zero attached hydrogens (tertiary/aromatic N) is 3. The second-order valence-electron chi connectivity index (χ2n) is 5.68. The second kappa shape index (κ2) is 6.98. The molecule has 1 aliphatic rings. The van der Waals surface area contributed by atoms with Crippen LogP contribution >= 0.6 is 27.3 Å². The summed E-state index contributed by atoms with van der Waals surface area (Å²) in [6.45, 7) is 4.32. The van der Waals surface area contributed by atoms with Gasteiger partial charge in [0.25, 0.3) is 0 Å². The van der Waals surface area contributed by atoms with Crippen molar-refractivity contribution < 1.29 is 9.59 Å². The highest BCUT2D eigenvalue weighted by atomic mass is 79.9. The average molecular weight is 409 g/mol. The Morgan fingerprint density at radius 2 is 2.25 bits per heavy atom. The van der Waals surface area contributed by atoms with Crippen molar-refractivity contribution >= 4 is 49.9 Å². The molecule has 1 atom stereocenters. The number of carbonyl (C=O) groups is 2. The minimum atomic E-state index is -0.380. The summed E-state index contributed by atoms with van der Waals surface area (Å²) in [5.41, 5.74) is 1.85. The maximum absolute atomic E-state index is 12.4. The number of halogens is 1. The lowest BCUT2D eigenvalue weighted by molar-refractivity contribution is -0.122. The van der Waals surface area contributed by atoms with Gasteiger partial charge in [0.1, 0.15) is 5.01 Å². The van der Waals surface area contributed by atoms with E-state index in [1.165, 1.54) is 11.3 Å². The fourth-order valence-corrected chi connectivity index (χ4v) is 3.85. The molecule has 2 heterocycles. The largest absolute Gasteiger partial charge is 0.311 e. The summed E-state index contributed by atoms with van der Waals surface area (Å²) in [6, 6.07) is 5.76. The van der Waals surface area contributed by atoms with Crippen LogP contribution in [0.2, 0.25) is 0 Å². The van der Waals surface area contributed by atoms with Crippen molar-refractivity contribution in [3.8, 4) is 0 Å². The first kappa shape index (κ1) is 17.0. The minimum Gasteiger partial charge on any atom is -0.311 e. The van der Waals surface area contributed by atoms with E-state index in [1.807, 2.05) is 32.0 Å². The maximum Gasteiger partial charge on any atom is 0.231 e. The molecule has 8 heteroatoms. The maximum atomic E-state index is 12.4. The smallest absolute Gasteiger partial charge is 0.231 e. The van der Waals surface area contributed by atoms with Crippen LogP contribution in [0.15, 0.2) is 22.7 Å². The third kappa shape index (κ3) is 3.49. The van der Waals surface area contributed by atoms with E-state index in [9.17, 15) is 9.59 Å². The lowest BCUT2D eigenvalue weighted by atomic mass is 10.1. The number of hydrogen-bond donors (Lipinski definition) is 1. The molecule has 0 saturated carbocycles. The van der Waals surface area contributed by atoms with E-state index in [2.05, 4.69) is 31.4 Å². The number of hydrogen-bond acceptors (Lipinski definition) is 5. The molecular weight excluding hydrogens is 392 g/mol. The predicted molar refractivity (Wildman–Crippen MR) is 97.3 cm³/mol. The molecule has 6 nitrogen and oxygen atoms in total. The fourth-order valence-electron chi connectivity index (χ4n) is 2.69. The zero-order valence-electron chi connectivity index (χ0n) is 13.4. The van der Waals surface area contributed by atoms with Crippen molar-refractivity contribution in [1.29, 1.82) is 0 Å². The minimum absolute atomic E-state index is 0.0351. The molecule has 1 aromatic heterocycles. The summed E-state index contributed by atoms with van der Waals surface area (Å²) < 4.78 is 0.965. The van der Waals surface area contributed by atoms with Gasteiger partial charge in [0.05, 0.1) is 5.92 Å². The summed E-state index contributed by atoms with van der Waals surface area (Å²) in [6.07, 6.45) is 0.993. The van der Waals surface area contributed by atoms with E-state index in [-0.39, 0.29) is 24.2 Å². The zero-order chi connectivity index (χ0) is 17.3. The molecule has 1 aromatic carbocycles. The van der Waals surface area contributed by atoms with Gasteiger partial charge in [-0.15, -0.1) is 10.2 Å². The van der Waals surface area contributed by atoms with E-state index in [0.717, 1.165) is 27.2 Å². The Morgan fingerprint density at radius 1 is 1.46 bits per heavy atom. The lowest BCUT2D eigenvalue weighted by Crippen LogP contribution is -2.28. The number of nitrogens with one attached hydrogen (secondary N) is 1. The van der Waals surface area contributed by atoms with Crippen LogP contribution < -0.4 is 10.2 Å². The third-order valence-electron chi connectivity index (χ3n) is 3.94. The molecule has 0 spiro atoms. The summed E-state index contributed by atoms with van der Waals surface area (Å²) in [5, 5.41) is 12.1. The number of amides is 2. The highest BCUT2D eigenvalue weighted by molar-refractivity contribution is 9.10. The van der Waals surface area contributed by atoms with E-state index in [0.29, 0.717) is 11.7 Å². The van der Waals surface area contributed by atoms with Crippen molar-refractivity contribution in [2.24, 2.45) is 5.92 Å². The van der Waals surface area contributed by atoms with Crippen LogP contribution in [-0.2, 0) is 16.0 Å². The molecular formula is C16H17BrN4O2S. The fraction of sp³-hybridized carbons (Fsp3) is 0.375. The third-order valence-corrected chi connectivity index (χ3v) is 5.42. The van der Waals surface area contributed by atoms with Crippen LogP contribution in [0, 0.1) is 12.8 Å². The Labute approximate surface area is 152 Å². The number of aromatic nitrogens is 2. The van der Waals surface area contributed by atoms with E-state index >= 15 is 0 Å². The molecule has 126 valence electrons. The molecule has 0 aliphatic carbocycles. The van der Waals surface area contributed by atoms with Gasteiger partial charge in [-0.3, -0.25) is 9.59 Å². The van der Waals surface area contributed by atoms with E-state index in [1.54, 1.807) is 4.90 Å². The van der Waals surface area contributed by atoms with Crippen LogP contribution in [0.1, 0.15) is 23.9 Å². The van der Waals surface area contributed by atoms with Crippen molar-refractivity contribution in [3.05, 3.63) is 33.2 Å². The van der Waals surface area contributed by atoms with Gasteiger partial charge in [0, 0.05) is 23.1 Å². The summed E-state index contributed by atoms with van der Waals surface area (Å²) >= 11 is 4.78. The Kier molecular flexibility index (Phi) is 4.96. The van der Waals surface area contributed by atoms with Crippen LogP contribution in [0.3, 0.4) is 0 Å². The van der Waals surface area contributed by atoms with Gasteiger partial charge in [-0.1, -0.05) is 34.2 Å². The normalized spacial score (nSPS) is 17.4. The number of aryl methyl sites for hydroxylation is 2. The monoisotopic (exact) mass is 408 g/mol. The average Bonchev–Trinajstić information content (AvgIpc) is 3.14. The molecule has 1 unspecified atom stereocenters. The molecule has 0 radical (unpaired) electrons. The van der Waals surface area contributed by atoms with Crippen molar-refractivity contribution in [2.75, 3.05) is 16.8 Å². The first-order valence-corrected chi connectivity index (χ1v) is 9.28.